The molecule has 1 atom stereocenters. The highest BCUT2D eigenvalue weighted by Crippen LogP contribution is 2.45. The normalized spacial score (nSPS) is 23.0. The molecule has 1 aliphatic heterocycles. The highest BCUT2D eigenvalue weighted by atomic mass is 32.2. The molecule has 4 rings (SSSR count). The van der Waals surface area contributed by atoms with E-state index in [2.05, 4.69) is 10.3 Å². The highest BCUT2D eigenvalue weighted by molar-refractivity contribution is 7.93. The number of amidine groups is 1. The number of aliphatic imine (C=N–C) groups is 1. The molecule has 1 spiro atoms. The van der Waals surface area contributed by atoms with Crippen molar-refractivity contribution in [2.24, 2.45) is 10.7 Å². The Morgan fingerprint density at radius 1 is 1.28 bits per heavy atom. The lowest BCUT2D eigenvalue weighted by Gasteiger charge is -2.43. The SMILES string of the molecule is Cc1cc(C#N)cnc1C(=O)Nc1ccc2c(c1)C1(CCC2)CS(=O)(=O)C(C)(C)C(N)=N1. The van der Waals surface area contributed by atoms with Crippen molar-refractivity contribution in [2.75, 3.05) is 11.1 Å². The minimum absolute atomic E-state index is 0.114. The number of rotatable bonds is 2. The third-order valence-electron chi connectivity index (χ3n) is 6.49. The highest BCUT2D eigenvalue weighted by Gasteiger charge is 2.51. The van der Waals surface area contributed by atoms with Gasteiger partial charge in [0.25, 0.3) is 5.91 Å². The van der Waals surface area contributed by atoms with Gasteiger partial charge in [0.05, 0.1) is 11.3 Å². The summed E-state index contributed by atoms with van der Waals surface area (Å²) in [5.74, 6) is -0.408. The molecule has 2 heterocycles. The molecule has 0 bridgehead atoms. The van der Waals surface area contributed by atoms with Crippen molar-refractivity contribution in [2.45, 2.75) is 50.3 Å². The van der Waals surface area contributed by atoms with Crippen LogP contribution in [0.5, 0.6) is 0 Å². The van der Waals surface area contributed by atoms with Crippen molar-refractivity contribution in [3.8, 4) is 6.07 Å². The molecule has 166 valence electrons. The number of nitrogens with two attached hydrogens (primary N) is 1. The number of carbonyl (C=O) groups excluding carboxylic acids is 1. The van der Waals surface area contributed by atoms with Crippen LogP contribution in [-0.2, 0) is 21.8 Å². The van der Waals surface area contributed by atoms with E-state index in [0.717, 1.165) is 24.0 Å². The second-order valence-electron chi connectivity index (χ2n) is 8.98. The Hall–Kier alpha value is -3.25. The van der Waals surface area contributed by atoms with Crippen LogP contribution in [0, 0.1) is 18.3 Å². The van der Waals surface area contributed by atoms with E-state index in [9.17, 15) is 13.2 Å². The van der Waals surface area contributed by atoms with Crippen LogP contribution in [0.4, 0.5) is 5.69 Å². The molecule has 32 heavy (non-hydrogen) atoms. The minimum Gasteiger partial charge on any atom is -0.386 e. The maximum absolute atomic E-state index is 13.1. The fourth-order valence-corrected chi connectivity index (χ4v) is 6.11. The molecule has 2 aromatic rings. The Balaban J connectivity index is 1.73. The Morgan fingerprint density at radius 3 is 2.69 bits per heavy atom. The monoisotopic (exact) mass is 451 g/mol. The van der Waals surface area contributed by atoms with Crippen molar-refractivity contribution in [3.63, 3.8) is 0 Å². The summed E-state index contributed by atoms with van der Waals surface area (Å²) < 4.78 is 24.9. The van der Waals surface area contributed by atoms with Crippen LogP contribution in [0.2, 0.25) is 0 Å². The molecule has 0 saturated carbocycles. The van der Waals surface area contributed by atoms with Crippen LogP contribution < -0.4 is 11.1 Å². The largest absolute Gasteiger partial charge is 0.386 e. The zero-order valence-corrected chi connectivity index (χ0v) is 19.1. The van der Waals surface area contributed by atoms with Gasteiger partial charge in [-0.05, 0) is 74.9 Å². The quantitative estimate of drug-likeness (QED) is 0.720. The molecule has 0 fully saturated rings. The summed E-state index contributed by atoms with van der Waals surface area (Å²) in [7, 11) is -3.53. The molecular weight excluding hydrogens is 426 g/mol. The molecule has 0 saturated heterocycles. The van der Waals surface area contributed by atoms with E-state index < -0.39 is 26.0 Å². The second-order valence-corrected chi connectivity index (χ2v) is 11.5. The predicted molar refractivity (Wildman–Crippen MR) is 122 cm³/mol. The number of anilines is 1. The summed E-state index contributed by atoms with van der Waals surface area (Å²) in [5, 5.41) is 11.8. The summed E-state index contributed by atoms with van der Waals surface area (Å²) in [6.07, 6.45) is 3.54. The van der Waals surface area contributed by atoms with Crippen molar-refractivity contribution < 1.29 is 13.2 Å². The number of hydrogen-bond acceptors (Lipinski definition) is 7. The number of pyridine rings is 1. The van der Waals surface area contributed by atoms with Gasteiger partial charge in [0.2, 0.25) is 0 Å². The van der Waals surface area contributed by atoms with Crippen LogP contribution in [0.15, 0.2) is 35.5 Å². The zero-order valence-electron chi connectivity index (χ0n) is 18.3. The number of aromatic nitrogens is 1. The Morgan fingerprint density at radius 2 is 2.03 bits per heavy atom. The van der Waals surface area contributed by atoms with Gasteiger partial charge >= 0.3 is 0 Å². The molecule has 8 nitrogen and oxygen atoms in total. The molecule has 1 unspecified atom stereocenters. The average molecular weight is 452 g/mol. The van der Waals surface area contributed by atoms with Crippen molar-refractivity contribution in [1.82, 2.24) is 4.98 Å². The molecular formula is C23H25N5O3S. The van der Waals surface area contributed by atoms with Gasteiger partial charge in [0.15, 0.2) is 9.84 Å². The lowest BCUT2D eigenvalue weighted by molar-refractivity contribution is 0.102. The molecule has 1 aromatic heterocycles. The van der Waals surface area contributed by atoms with E-state index >= 15 is 0 Å². The summed E-state index contributed by atoms with van der Waals surface area (Å²) >= 11 is 0. The van der Waals surface area contributed by atoms with Gasteiger partial charge in [-0.1, -0.05) is 6.07 Å². The summed E-state index contributed by atoms with van der Waals surface area (Å²) in [4.78, 5) is 21.7. The van der Waals surface area contributed by atoms with Crippen LogP contribution >= 0.6 is 0 Å². The fourth-order valence-electron chi connectivity index (χ4n) is 4.39. The van der Waals surface area contributed by atoms with E-state index in [-0.39, 0.29) is 17.3 Å². The predicted octanol–water partition coefficient (Wildman–Crippen LogP) is 2.61. The lowest BCUT2D eigenvalue weighted by atomic mass is 9.77. The average Bonchev–Trinajstić information content (AvgIpc) is 2.72. The lowest BCUT2D eigenvalue weighted by Crippen LogP contribution is -2.56. The van der Waals surface area contributed by atoms with Gasteiger partial charge in [0, 0.05) is 11.9 Å². The molecule has 9 heteroatoms. The number of amides is 1. The molecule has 1 aromatic carbocycles. The topological polar surface area (TPSA) is 138 Å². The van der Waals surface area contributed by atoms with Gasteiger partial charge in [0.1, 0.15) is 27.9 Å². The third kappa shape index (κ3) is 3.45. The first-order valence-electron chi connectivity index (χ1n) is 10.4. The van der Waals surface area contributed by atoms with Gasteiger partial charge in [-0.3, -0.25) is 9.79 Å². The van der Waals surface area contributed by atoms with Gasteiger partial charge in [-0.25, -0.2) is 13.4 Å². The molecule has 3 N–H and O–H groups in total. The number of nitrogens with zero attached hydrogens (tertiary/aromatic N) is 3. The number of fused-ring (bicyclic) bond motifs is 2. The van der Waals surface area contributed by atoms with Crippen LogP contribution in [0.1, 0.15) is 59.4 Å². The summed E-state index contributed by atoms with van der Waals surface area (Å²) in [6.45, 7) is 4.89. The number of benzene rings is 1. The first-order valence-corrected chi connectivity index (χ1v) is 12.0. The number of nitrogens with one attached hydrogen (secondary N) is 1. The first-order chi connectivity index (χ1) is 15.0. The third-order valence-corrected chi connectivity index (χ3v) is 9.11. The van der Waals surface area contributed by atoms with Gasteiger partial charge in [-0.15, -0.1) is 0 Å². The number of aryl methyl sites for hydroxylation is 2. The van der Waals surface area contributed by atoms with Crippen LogP contribution in [0.3, 0.4) is 0 Å². The molecule has 1 aliphatic carbocycles. The molecule has 1 amide bonds. The Kier molecular flexibility index (Phi) is 5.09. The number of hydrogen-bond donors (Lipinski definition) is 2. The van der Waals surface area contributed by atoms with E-state index in [1.165, 1.54) is 6.20 Å². The summed E-state index contributed by atoms with van der Waals surface area (Å²) in [5.41, 5.74) is 8.72. The van der Waals surface area contributed by atoms with E-state index in [0.29, 0.717) is 23.2 Å². The van der Waals surface area contributed by atoms with E-state index in [1.807, 2.05) is 12.1 Å². The van der Waals surface area contributed by atoms with Crippen molar-refractivity contribution >= 4 is 27.3 Å². The molecule has 0 radical (unpaired) electrons. The van der Waals surface area contributed by atoms with Crippen molar-refractivity contribution in [1.29, 1.82) is 5.26 Å². The second kappa shape index (κ2) is 7.41. The minimum atomic E-state index is -3.53. The van der Waals surface area contributed by atoms with Crippen LogP contribution in [0.25, 0.3) is 0 Å². The van der Waals surface area contributed by atoms with E-state index in [4.69, 9.17) is 16.0 Å². The zero-order chi connectivity index (χ0) is 23.3. The maximum Gasteiger partial charge on any atom is 0.274 e. The standard InChI is InChI=1S/C23H25N5O3S/c1-14-9-15(11-24)12-26-19(14)20(29)27-17-7-6-16-5-4-8-23(18(16)10-17)13-32(30,31)22(2,3)21(25)28-23/h6-7,9-10,12H,4-5,8,13H2,1-3H3,(H2,25,28)(H,27,29). The Labute approximate surface area is 187 Å². The van der Waals surface area contributed by atoms with E-state index in [1.54, 1.807) is 39.0 Å². The maximum atomic E-state index is 13.1. The van der Waals surface area contributed by atoms with Crippen LogP contribution in [-0.4, -0.2) is 35.6 Å². The smallest absolute Gasteiger partial charge is 0.274 e. The van der Waals surface area contributed by atoms with Gasteiger partial charge in [-0.2, -0.15) is 5.26 Å². The van der Waals surface area contributed by atoms with Gasteiger partial charge < -0.3 is 11.1 Å². The number of sulfone groups is 1. The summed E-state index contributed by atoms with van der Waals surface area (Å²) in [6, 6.07) is 9.11. The Bertz CT molecular complexity index is 1310. The number of carbonyl (C=O) groups is 1. The van der Waals surface area contributed by atoms with Crippen molar-refractivity contribution in [3.05, 3.63) is 58.4 Å². The first kappa shape index (κ1) is 22.0. The number of nitriles is 1. The molecule has 2 aliphatic rings. The fraction of sp³-hybridized carbons (Fsp3) is 0.391.